The van der Waals surface area contributed by atoms with Crippen molar-refractivity contribution in [3.63, 3.8) is 0 Å². The van der Waals surface area contributed by atoms with Crippen molar-refractivity contribution in [3.05, 3.63) is 51.7 Å². The van der Waals surface area contributed by atoms with E-state index in [0.717, 1.165) is 12.8 Å². The average Bonchev–Trinajstić information content (AvgIpc) is 3.02. The molecule has 1 saturated heterocycles. The van der Waals surface area contributed by atoms with Crippen LogP contribution in [-0.2, 0) is 0 Å². The van der Waals surface area contributed by atoms with Gasteiger partial charge in [-0.25, -0.2) is 14.8 Å². The predicted octanol–water partition coefficient (Wildman–Crippen LogP) is 2.40. The van der Waals surface area contributed by atoms with Gasteiger partial charge < -0.3 is 9.88 Å². The Balaban J connectivity index is 1.50. The van der Waals surface area contributed by atoms with Crippen LogP contribution in [-0.4, -0.2) is 38.8 Å². The van der Waals surface area contributed by atoms with Crippen molar-refractivity contribution >= 4 is 34.4 Å². The Morgan fingerprint density at radius 2 is 1.84 bits per heavy atom. The number of ketones is 1. The highest BCUT2D eigenvalue weighted by Gasteiger charge is 2.27. The number of nitrogens with one attached hydrogen (secondary N) is 2. The number of hydrogen-bond donors (Lipinski definition) is 2. The number of imidazole rings is 1. The summed E-state index contributed by atoms with van der Waals surface area (Å²) in [6.07, 6.45) is 2.91. The molecule has 0 amide bonds. The second-order valence-corrected chi connectivity index (χ2v) is 6.57. The largest absolute Gasteiger partial charge is 0.355 e. The topological polar surface area (TPSA) is 94.7 Å². The van der Waals surface area contributed by atoms with E-state index in [2.05, 4.69) is 24.8 Å². The van der Waals surface area contributed by atoms with E-state index in [1.165, 1.54) is 6.33 Å². The number of aromatic nitrogens is 4. The zero-order valence-corrected chi connectivity index (χ0v) is 14.1. The lowest BCUT2D eigenvalue weighted by molar-refractivity contribution is 0.0900. The maximum Gasteiger partial charge on any atom is 0.325 e. The van der Waals surface area contributed by atoms with E-state index >= 15 is 0 Å². The number of fused-ring (bicyclic) bond motifs is 1. The van der Waals surface area contributed by atoms with Gasteiger partial charge in [0.25, 0.3) is 0 Å². The molecule has 0 aliphatic carbocycles. The van der Waals surface area contributed by atoms with Gasteiger partial charge in [0.2, 0.25) is 0 Å². The van der Waals surface area contributed by atoms with E-state index in [-0.39, 0.29) is 17.4 Å². The smallest absolute Gasteiger partial charge is 0.325 e. The van der Waals surface area contributed by atoms with Crippen LogP contribution in [0.3, 0.4) is 0 Å². The van der Waals surface area contributed by atoms with Crippen LogP contribution in [0.15, 0.2) is 35.4 Å². The second kappa shape index (κ2) is 6.33. The summed E-state index contributed by atoms with van der Waals surface area (Å²) in [5.41, 5.74) is 1.50. The highest BCUT2D eigenvalue weighted by molar-refractivity contribution is 6.30. The molecular formula is C17H16ClN5O2. The first kappa shape index (κ1) is 15.8. The molecule has 3 heterocycles. The SMILES string of the molecule is O=C(c1ccc(Cl)cc1)C1CCN(c2ncnc3[nH]c(=O)[nH]c23)CC1. The van der Waals surface area contributed by atoms with Crippen molar-refractivity contribution in [3.8, 4) is 0 Å². The number of hydrogen-bond acceptors (Lipinski definition) is 5. The molecule has 0 spiro atoms. The van der Waals surface area contributed by atoms with Gasteiger partial charge in [-0.05, 0) is 37.1 Å². The Bertz CT molecular complexity index is 971. The van der Waals surface area contributed by atoms with E-state index in [9.17, 15) is 9.59 Å². The number of aromatic amines is 2. The van der Waals surface area contributed by atoms with E-state index in [0.29, 0.717) is 40.7 Å². The Morgan fingerprint density at radius 3 is 2.56 bits per heavy atom. The monoisotopic (exact) mass is 357 g/mol. The van der Waals surface area contributed by atoms with Crippen LogP contribution in [0.5, 0.6) is 0 Å². The first-order chi connectivity index (χ1) is 12.1. The summed E-state index contributed by atoms with van der Waals surface area (Å²) in [6.45, 7) is 1.40. The molecule has 1 aromatic carbocycles. The van der Waals surface area contributed by atoms with Gasteiger partial charge in [-0.1, -0.05) is 11.6 Å². The summed E-state index contributed by atoms with van der Waals surface area (Å²) in [5.74, 6) is 0.833. The fraction of sp³-hybridized carbons (Fsp3) is 0.294. The number of Topliss-reactive ketones (excluding diaryl/α,β-unsaturated/α-hetero) is 1. The average molecular weight is 358 g/mol. The standard InChI is InChI=1S/C17H16ClN5O2/c18-12-3-1-10(2-4-12)14(24)11-5-7-23(8-6-11)16-13-15(19-9-20-16)22-17(25)21-13/h1-4,9,11H,5-8H2,(H2,19,20,21,22,25). The molecule has 8 heteroatoms. The van der Waals surface area contributed by atoms with Crippen molar-refractivity contribution < 1.29 is 4.79 Å². The minimum Gasteiger partial charge on any atom is -0.355 e. The minimum atomic E-state index is -0.301. The summed E-state index contributed by atoms with van der Waals surface area (Å²) >= 11 is 5.88. The molecule has 2 N–H and O–H groups in total. The van der Waals surface area contributed by atoms with Gasteiger partial charge in [-0.15, -0.1) is 0 Å². The molecule has 1 aliphatic heterocycles. The molecule has 3 aromatic rings. The van der Waals surface area contributed by atoms with Crippen LogP contribution < -0.4 is 10.6 Å². The van der Waals surface area contributed by atoms with Crippen molar-refractivity contribution in [2.24, 2.45) is 5.92 Å². The molecule has 7 nitrogen and oxygen atoms in total. The first-order valence-electron chi connectivity index (χ1n) is 8.09. The number of carbonyl (C=O) groups excluding carboxylic acids is 1. The minimum absolute atomic E-state index is 0.0139. The summed E-state index contributed by atoms with van der Waals surface area (Å²) in [7, 11) is 0. The summed E-state index contributed by atoms with van der Waals surface area (Å²) in [6, 6.07) is 7.03. The van der Waals surface area contributed by atoms with Gasteiger partial charge in [-0.2, -0.15) is 0 Å². The molecule has 0 bridgehead atoms. The van der Waals surface area contributed by atoms with Gasteiger partial charge in [0.1, 0.15) is 11.8 Å². The zero-order chi connectivity index (χ0) is 17.4. The Labute approximate surface area is 148 Å². The van der Waals surface area contributed by atoms with E-state index in [1.807, 2.05) is 0 Å². The molecule has 0 unspecified atom stereocenters. The number of halogens is 1. The van der Waals surface area contributed by atoms with Gasteiger partial charge >= 0.3 is 5.69 Å². The van der Waals surface area contributed by atoms with Crippen LogP contribution >= 0.6 is 11.6 Å². The van der Waals surface area contributed by atoms with Gasteiger partial charge in [0.15, 0.2) is 17.2 Å². The van der Waals surface area contributed by atoms with E-state index in [4.69, 9.17) is 11.6 Å². The lowest BCUT2D eigenvalue weighted by Gasteiger charge is -2.32. The molecule has 0 radical (unpaired) electrons. The van der Waals surface area contributed by atoms with Crippen molar-refractivity contribution in [1.29, 1.82) is 0 Å². The van der Waals surface area contributed by atoms with E-state index in [1.54, 1.807) is 24.3 Å². The number of anilines is 1. The summed E-state index contributed by atoms with van der Waals surface area (Å²) in [5, 5.41) is 0.625. The molecule has 25 heavy (non-hydrogen) atoms. The highest BCUT2D eigenvalue weighted by atomic mass is 35.5. The van der Waals surface area contributed by atoms with E-state index < -0.39 is 0 Å². The fourth-order valence-corrected chi connectivity index (χ4v) is 3.41. The van der Waals surface area contributed by atoms with Crippen molar-refractivity contribution in [2.75, 3.05) is 18.0 Å². The maximum atomic E-state index is 12.6. The highest BCUT2D eigenvalue weighted by Crippen LogP contribution is 2.27. The molecule has 128 valence electrons. The molecule has 2 aromatic heterocycles. The first-order valence-corrected chi connectivity index (χ1v) is 8.47. The Morgan fingerprint density at radius 1 is 1.12 bits per heavy atom. The van der Waals surface area contributed by atoms with Crippen LogP contribution in [0, 0.1) is 5.92 Å². The molecular weight excluding hydrogens is 342 g/mol. The van der Waals surface area contributed by atoms with Crippen molar-refractivity contribution in [1.82, 2.24) is 19.9 Å². The quantitative estimate of drug-likeness (QED) is 0.702. The van der Waals surface area contributed by atoms with Crippen molar-refractivity contribution in [2.45, 2.75) is 12.8 Å². The fourth-order valence-electron chi connectivity index (χ4n) is 3.28. The Kier molecular flexibility index (Phi) is 4.01. The van der Waals surface area contributed by atoms with Gasteiger partial charge in [0, 0.05) is 29.6 Å². The lowest BCUT2D eigenvalue weighted by Crippen LogP contribution is -2.37. The zero-order valence-electron chi connectivity index (χ0n) is 13.3. The van der Waals surface area contributed by atoms with Crippen LogP contribution in [0.4, 0.5) is 5.82 Å². The maximum absolute atomic E-state index is 12.6. The molecule has 1 aliphatic rings. The predicted molar refractivity (Wildman–Crippen MR) is 95.2 cm³/mol. The number of carbonyl (C=O) groups is 1. The van der Waals surface area contributed by atoms with Crippen LogP contribution in [0.2, 0.25) is 5.02 Å². The third-order valence-electron chi connectivity index (χ3n) is 4.59. The number of nitrogens with zero attached hydrogens (tertiary/aromatic N) is 3. The third-order valence-corrected chi connectivity index (χ3v) is 4.84. The number of rotatable bonds is 3. The number of H-pyrrole nitrogens is 2. The summed E-state index contributed by atoms with van der Waals surface area (Å²) < 4.78 is 0. The normalized spacial score (nSPS) is 15.6. The summed E-state index contributed by atoms with van der Waals surface area (Å²) in [4.78, 5) is 39.9. The molecule has 4 rings (SSSR count). The second-order valence-electron chi connectivity index (χ2n) is 6.13. The number of benzene rings is 1. The molecule has 0 atom stereocenters. The Hall–Kier alpha value is -2.67. The van der Waals surface area contributed by atoms with Crippen LogP contribution in [0.25, 0.3) is 11.2 Å². The third kappa shape index (κ3) is 3.02. The lowest BCUT2D eigenvalue weighted by atomic mass is 9.89. The van der Waals surface area contributed by atoms with Crippen LogP contribution in [0.1, 0.15) is 23.2 Å². The van der Waals surface area contributed by atoms with Gasteiger partial charge in [0.05, 0.1) is 0 Å². The molecule has 1 fully saturated rings. The molecule has 0 saturated carbocycles. The van der Waals surface area contributed by atoms with Gasteiger partial charge in [-0.3, -0.25) is 9.78 Å². The number of piperidine rings is 1.